The maximum absolute atomic E-state index is 12.3. The summed E-state index contributed by atoms with van der Waals surface area (Å²) in [7, 11) is 0. The summed E-state index contributed by atoms with van der Waals surface area (Å²) in [5.74, 6) is -0.0295. The molecule has 0 bridgehead atoms. The number of nitrogens with two attached hydrogens (primary N) is 1. The Morgan fingerprint density at radius 3 is 0.885 bits per heavy atom. The predicted octanol–water partition coefficient (Wildman–Crippen LogP) is 14.7. The summed E-state index contributed by atoms with van der Waals surface area (Å²) in [6.07, 6.45) is 54.7. The quantitative estimate of drug-likeness (QED) is 0.0337. The zero-order valence-electron chi connectivity index (χ0n) is 41.6. The van der Waals surface area contributed by atoms with Crippen LogP contribution in [0.1, 0.15) is 303 Å². The van der Waals surface area contributed by atoms with Crippen LogP contribution in [0.4, 0.5) is 0 Å². The van der Waals surface area contributed by atoms with Gasteiger partial charge in [-0.3, -0.25) is 4.79 Å². The Kier molecular flexibility index (Phi) is 54.8. The molecule has 1 amide bonds. The van der Waals surface area contributed by atoms with Crippen molar-refractivity contribution in [2.45, 2.75) is 328 Å². The van der Waals surface area contributed by atoms with Gasteiger partial charge in [0.25, 0.3) is 0 Å². The van der Waals surface area contributed by atoms with Crippen LogP contribution in [-0.2, 0) is 4.79 Å². The number of hydrogen-bond acceptors (Lipinski definition) is 6. The van der Waals surface area contributed by atoms with Crippen molar-refractivity contribution in [2.75, 3.05) is 13.2 Å². The standard InChI is InChI=1S/C36H73NO3.C18H39NO2/c1-3-5-7-9-11-13-15-17-18-20-22-24-26-28-30-32-36(40)37-34(33-38)35(39)31-29-27-25-23-21-19-16-14-12-10-8-6-4-2;1-2-3-4-5-6-7-8-9-10-11-12-13-14-15-18(21)17(19)16-20/h34-35,38-39H,3-33H2,1-2H3,(H,37,40);17-18,20-21H,2-16,19H2,1H3/t34-,35+;17-,18+/m00/s1. The lowest BCUT2D eigenvalue weighted by molar-refractivity contribution is -0.123. The van der Waals surface area contributed by atoms with Crippen molar-refractivity contribution in [2.24, 2.45) is 5.73 Å². The second-order valence-electron chi connectivity index (χ2n) is 19.1. The van der Waals surface area contributed by atoms with E-state index in [2.05, 4.69) is 26.1 Å². The molecular formula is C54H112N2O5. The van der Waals surface area contributed by atoms with Gasteiger partial charge >= 0.3 is 0 Å². The summed E-state index contributed by atoms with van der Waals surface area (Å²) in [5, 5.41) is 41.5. The van der Waals surface area contributed by atoms with E-state index in [9.17, 15) is 20.1 Å². The highest BCUT2D eigenvalue weighted by atomic mass is 16.3. The van der Waals surface area contributed by atoms with Gasteiger partial charge in [0.15, 0.2) is 0 Å². The number of aliphatic hydroxyl groups excluding tert-OH is 4. The number of unbranched alkanes of at least 4 members (excludes halogenated alkanes) is 38. The van der Waals surface area contributed by atoms with Gasteiger partial charge in [0.05, 0.1) is 37.5 Å². The van der Waals surface area contributed by atoms with Crippen LogP contribution in [0.25, 0.3) is 0 Å². The van der Waals surface area contributed by atoms with E-state index in [0.717, 1.165) is 38.5 Å². The van der Waals surface area contributed by atoms with Crippen molar-refractivity contribution in [1.29, 1.82) is 0 Å². The third-order valence-corrected chi connectivity index (χ3v) is 12.9. The molecular weight excluding hydrogens is 757 g/mol. The van der Waals surface area contributed by atoms with Crippen LogP contribution in [0.3, 0.4) is 0 Å². The first-order chi connectivity index (χ1) is 29.9. The molecule has 0 heterocycles. The Hall–Kier alpha value is -0.730. The zero-order valence-corrected chi connectivity index (χ0v) is 41.6. The van der Waals surface area contributed by atoms with E-state index in [1.807, 2.05) is 0 Å². The van der Waals surface area contributed by atoms with Crippen molar-refractivity contribution in [3.8, 4) is 0 Å². The fraction of sp³-hybridized carbons (Fsp3) is 0.981. The molecule has 7 N–H and O–H groups in total. The minimum atomic E-state index is -0.650. The summed E-state index contributed by atoms with van der Waals surface area (Å²) < 4.78 is 0. The van der Waals surface area contributed by atoms with Crippen molar-refractivity contribution in [3.63, 3.8) is 0 Å². The Labute approximate surface area is 381 Å². The number of amides is 1. The van der Waals surface area contributed by atoms with Crippen LogP contribution in [0, 0.1) is 0 Å². The average molecular weight is 869 g/mol. The summed E-state index contributed by atoms with van der Waals surface area (Å²) in [5.41, 5.74) is 5.56. The fourth-order valence-electron chi connectivity index (χ4n) is 8.48. The van der Waals surface area contributed by atoms with Gasteiger partial charge in [0, 0.05) is 6.42 Å². The molecule has 0 aliphatic heterocycles. The van der Waals surface area contributed by atoms with Gasteiger partial charge in [-0.15, -0.1) is 0 Å². The lowest BCUT2D eigenvalue weighted by Crippen LogP contribution is -2.45. The first kappa shape index (κ1) is 62.4. The molecule has 7 nitrogen and oxygen atoms in total. The van der Waals surface area contributed by atoms with Crippen LogP contribution >= 0.6 is 0 Å². The van der Waals surface area contributed by atoms with Crippen LogP contribution in [0.5, 0.6) is 0 Å². The molecule has 0 aliphatic carbocycles. The van der Waals surface area contributed by atoms with E-state index in [0.29, 0.717) is 12.8 Å². The Morgan fingerprint density at radius 2 is 0.623 bits per heavy atom. The molecule has 0 aromatic rings. The molecule has 7 heteroatoms. The molecule has 0 aromatic heterocycles. The van der Waals surface area contributed by atoms with Crippen molar-refractivity contribution in [1.82, 2.24) is 5.32 Å². The van der Waals surface area contributed by atoms with E-state index in [4.69, 9.17) is 10.8 Å². The molecule has 61 heavy (non-hydrogen) atoms. The second kappa shape index (κ2) is 53.6. The third-order valence-electron chi connectivity index (χ3n) is 12.9. The van der Waals surface area contributed by atoms with Crippen molar-refractivity contribution >= 4 is 5.91 Å². The van der Waals surface area contributed by atoms with Gasteiger partial charge in [0.1, 0.15) is 0 Å². The van der Waals surface area contributed by atoms with Crippen molar-refractivity contribution in [3.05, 3.63) is 0 Å². The lowest BCUT2D eigenvalue weighted by Gasteiger charge is -2.22. The average Bonchev–Trinajstić information content (AvgIpc) is 3.27. The minimum Gasteiger partial charge on any atom is -0.395 e. The first-order valence-electron chi connectivity index (χ1n) is 27.5. The van der Waals surface area contributed by atoms with Crippen LogP contribution < -0.4 is 11.1 Å². The Morgan fingerprint density at radius 1 is 0.377 bits per heavy atom. The maximum Gasteiger partial charge on any atom is 0.220 e. The smallest absolute Gasteiger partial charge is 0.220 e. The summed E-state index contributed by atoms with van der Waals surface area (Å²) in [6, 6.07) is -0.997. The van der Waals surface area contributed by atoms with Gasteiger partial charge < -0.3 is 31.5 Å². The maximum atomic E-state index is 12.3. The van der Waals surface area contributed by atoms with Crippen LogP contribution in [0.15, 0.2) is 0 Å². The van der Waals surface area contributed by atoms with Gasteiger partial charge in [-0.1, -0.05) is 278 Å². The van der Waals surface area contributed by atoms with Crippen molar-refractivity contribution < 1.29 is 25.2 Å². The number of rotatable bonds is 49. The molecule has 4 atom stereocenters. The monoisotopic (exact) mass is 869 g/mol. The molecule has 0 fully saturated rings. The number of hydrogen-bond donors (Lipinski definition) is 6. The van der Waals surface area contributed by atoms with Gasteiger partial charge in [0.2, 0.25) is 5.91 Å². The zero-order chi connectivity index (χ0) is 45.1. The summed E-state index contributed by atoms with van der Waals surface area (Å²) in [4.78, 5) is 12.3. The van der Waals surface area contributed by atoms with Gasteiger partial charge in [-0.2, -0.15) is 0 Å². The minimum absolute atomic E-state index is 0.0295. The first-order valence-corrected chi connectivity index (χ1v) is 27.5. The molecule has 0 saturated heterocycles. The molecule has 0 unspecified atom stereocenters. The fourth-order valence-corrected chi connectivity index (χ4v) is 8.48. The lowest BCUT2D eigenvalue weighted by atomic mass is 10.0. The Bertz CT molecular complexity index is 816. The highest BCUT2D eigenvalue weighted by Crippen LogP contribution is 2.17. The SMILES string of the molecule is CCCCCCCCCCCCCCCCCC(=O)N[C@@H](CO)[C@H](O)CCCCCCCCCCCCCCC.CCCCCCCCCCCCCCC[C@@H](O)[C@@H](N)CO. The molecule has 368 valence electrons. The van der Waals surface area contributed by atoms with E-state index in [1.165, 1.54) is 231 Å². The number of nitrogens with one attached hydrogen (secondary N) is 1. The highest BCUT2D eigenvalue weighted by molar-refractivity contribution is 5.76. The van der Waals surface area contributed by atoms with E-state index in [-0.39, 0.29) is 19.1 Å². The molecule has 0 saturated carbocycles. The molecule has 0 aromatic carbocycles. The van der Waals surface area contributed by atoms with E-state index in [1.54, 1.807) is 0 Å². The number of carbonyl (C=O) groups excluding carboxylic acids is 1. The molecule has 0 rings (SSSR count). The summed E-state index contributed by atoms with van der Waals surface area (Å²) >= 11 is 0. The summed E-state index contributed by atoms with van der Waals surface area (Å²) in [6.45, 7) is 6.50. The van der Waals surface area contributed by atoms with Crippen LogP contribution in [0.2, 0.25) is 0 Å². The largest absolute Gasteiger partial charge is 0.395 e. The second-order valence-corrected chi connectivity index (χ2v) is 19.1. The molecule has 0 radical (unpaired) electrons. The Balaban J connectivity index is 0. The van der Waals surface area contributed by atoms with Gasteiger partial charge in [-0.25, -0.2) is 0 Å². The molecule has 0 spiro atoms. The normalized spacial score (nSPS) is 13.4. The number of carbonyl (C=O) groups is 1. The van der Waals surface area contributed by atoms with E-state index < -0.39 is 24.3 Å². The number of aliphatic hydroxyl groups is 4. The van der Waals surface area contributed by atoms with E-state index >= 15 is 0 Å². The predicted molar refractivity (Wildman–Crippen MR) is 266 cm³/mol. The van der Waals surface area contributed by atoms with Crippen LogP contribution in [-0.4, -0.2) is 63.8 Å². The highest BCUT2D eigenvalue weighted by Gasteiger charge is 2.20. The van der Waals surface area contributed by atoms with Gasteiger partial charge in [-0.05, 0) is 19.3 Å². The molecule has 0 aliphatic rings. The third kappa shape index (κ3) is 50.1. The topological polar surface area (TPSA) is 136 Å².